The Kier molecular flexibility index (Phi) is 4.98. The number of rotatable bonds is 4. The first-order valence-corrected chi connectivity index (χ1v) is 5.33. The molecule has 1 unspecified atom stereocenters. The third kappa shape index (κ3) is 3.34. The topological polar surface area (TPSA) is 61.8 Å². The van der Waals surface area contributed by atoms with Crippen LogP contribution in [0.15, 0.2) is 11.6 Å². The van der Waals surface area contributed by atoms with Crippen LogP contribution in [0.1, 0.15) is 20.3 Å². The molecule has 90 valence electrons. The van der Waals surface area contributed by atoms with Crippen molar-refractivity contribution in [3.05, 3.63) is 11.6 Å². The van der Waals surface area contributed by atoms with E-state index in [0.717, 1.165) is 0 Å². The van der Waals surface area contributed by atoms with Crippen molar-refractivity contribution < 1.29 is 23.8 Å². The molecule has 0 aromatic heterocycles. The maximum atomic E-state index is 11.3. The monoisotopic (exact) mass is 228 g/mol. The van der Waals surface area contributed by atoms with E-state index in [1.165, 1.54) is 0 Å². The second-order valence-corrected chi connectivity index (χ2v) is 3.24. The van der Waals surface area contributed by atoms with Crippen LogP contribution in [0.25, 0.3) is 0 Å². The Morgan fingerprint density at radius 3 is 2.56 bits per heavy atom. The molecule has 1 heterocycles. The molecule has 0 fully saturated rings. The van der Waals surface area contributed by atoms with E-state index in [2.05, 4.69) is 0 Å². The lowest BCUT2D eigenvalue weighted by Gasteiger charge is -2.20. The summed E-state index contributed by atoms with van der Waals surface area (Å²) in [6.45, 7) is 4.23. The van der Waals surface area contributed by atoms with E-state index in [1.54, 1.807) is 19.9 Å². The SMILES string of the molecule is CCOC(=O)C1=CCC(C(=O)OCC)OC1. The van der Waals surface area contributed by atoms with Crippen molar-refractivity contribution in [1.82, 2.24) is 0 Å². The first-order valence-electron chi connectivity index (χ1n) is 5.33. The number of carbonyl (C=O) groups excluding carboxylic acids is 2. The highest BCUT2D eigenvalue weighted by Crippen LogP contribution is 2.14. The smallest absolute Gasteiger partial charge is 0.336 e. The minimum Gasteiger partial charge on any atom is -0.464 e. The molecule has 5 nitrogen and oxygen atoms in total. The van der Waals surface area contributed by atoms with Crippen molar-refractivity contribution in [2.24, 2.45) is 0 Å². The average molecular weight is 228 g/mol. The van der Waals surface area contributed by atoms with E-state index in [-0.39, 0.29) is 18.5 Å². The molecule has 1 rings (SSSR count). The van der Waals surface area contributed by atoms with Gasteiger partial charge in [0.1, 0.15) is 0 Å². The molecule has 0 spiro atoms. The van der Waals surface area contributed by atoms with Crippen LogP contribution < -0.4 is 0 Å². The van der Waals surface area contributed by atoms with Gasteiger partial charge in [0.25, 0.3) is 0 Å². The van der Waals surface area contributed by atoms with Gasteiger partial charge in [0, 0.05) is 6.42 Å². The largest absolute Gasteiger partial charge is 0.464 e. The summed E-state index contributed by atoms with van der Waals surface area (Å²) in [7, 11) is 0. The zero-order valence-corrected chi connectivity index (χ0v) is 9.52. The van der Waals surface area contributed by atoms with Gasteiger partial charge in [-0.05, 0) is 13.8 Å². The van der Waals surface area contributed by atoms with Crippen LogP contribution in [0.5, 0.6) is 0 Å². The van der Waals surface area contributed by atoms with Crippen molar-refractivity contribution in [1.29, 1.82) is 0 Å². The minimum atomic E-state index is -0.599. The van der Waals surface area contributed by atoms with E-state index < -0.39 is 6.10 Å². The summed E-state index contributed by atoms with van der Waals surface area (Å²) in [5, 5.41) is 0. The first kappa shape index (κ1) is 12.7. The summed E-state index contributed by atoms with van der Waals surface area (Å²) in [4.78, 5) is 22.6. The summed E-state index contributed by atoms with van der Waals surface area (Å²) >= 11 is 0. The lowest BCUT2D eigenvalue weighted by Crippen LogP contribution is -2.31. The van der Waals surface area contributed by atoms with E-state index >= 15 is 0 Å². The minimum absolute atomic E-state index is 0.0995. The molecular formula is C11H16O5. The molecule has 16 heavy (non-hydrogen) atoms. The molecule has 0 amide bonds. The van der Waals surface area contributed by atoms with Gasteiger partial charge in [-0.25, -0.2) is 9.59 Å². The van der Waals surface area contributed by atoms with Gasteiger partial charge in [0.2, 0.25) is 0 Å². The summed E-state index contributed by atoms with van der Waals surface area (Å²) < 4.78 is 14.9. The molecular weight excluding hydrogens is 212 g/mol. The first-order chi connectivity index (χ1) is 7.69. The van der Waals surface area contributed by atoms with E-state index in [4.69, 9.17) is 14.2 Å². The van der Waals surface area contributed by atoms with Gasteiger partial charge in [-0.3, -0.25) is 0 Å². The molecule has 1 aliphatic rings. The fourth-order valence-electron chi connectivity index (χ4n) is 1.33. The Bertz CT molecular complexity index is 295. The Morgan fingerprint density at radius 2 is 2.06 bits per heavy atom. The number of hydrogen-bond donors (Lipinski definition) is 0. The van der Waals surface area contributed by atoms with Crippen molar-refractivity contribution in [3.8, 4) is 0 Å². The quantitative estimate of drug-likeness (QED) is 0.667. The van der Waals surface area contributed by atoms with Crippen LogP contribution in [-0.4, -0.2) is 37.9 Å². The highest BCUT2D eigenvalue weighted by Gasteiger charge is 2.26. The molecule has 0 aliphatic carbocycles. The Labute approximate surface area is 94.4 Å². The summed E-state index contributed by atoms with van der Waals surface area (Å²) in [5.74, 6) is -0.772. The molecule has 0 saturated carbocycles. The van der Waals surface area contributed by atoms with Crippen LogP contribution in [0.2, 0.25) is 0 Å². The molecule has 0 N–H and O–H groups in total. The molecule has 5 heteroatoms. The predicted molar refractivity (Wildman–Crippen MR) is 55.7 cm³/mol. The number of ether oxygens (including phenoxy) is 3. The number of carbonyl (C=O) groups is 2. The third-order valence-corrected chi connectivity index (χ3v) is 2.11. The maximum Gasteiger partial charge on any atom is 0.336 e. The van der Waals surface area contributed by atoms with Gasteiger partial charge >= 0.3 is 11.9 Å². The standard InChI is InChI=1S/C11H16O5/c1-3-14-10(12)8-5-6-9(16-7-8)11(13)15-4-2/h5,9H,3-4,6-7H2,1-2H3. The van der Waals surface area contributed by atoms with Crippen LogP contribution in [0, 0.1) is 0 Å². The van der Waals surface area contributed by atoms with Gasteiger partial charge in [0.15, 0.2) is 6.10 Å². The Balaban J connectivity index is 2.48. The molecule has 0 aromatic carbocycles. The highest BCUT2D eigenvalue weighted by molar-refractivity contribution is 5.89. The second-order valence-electron chi connectivity index (χ2n) is 3.24. The van der Waals surface area contributed by atoms with Crippen LogP contribution in [0.4, 0.5) is 0 Å². The van der Waals surface area contributed by atoms with Crippen LogP contribution >= 0.6 is 0 Å². The molecule has 0 radical (unpaired) electrons. The van der Waals surface area contributed by atoms with E-state index in [0.29, 0.717) is 25.2 Å². The summed E-state index contributed by atoms with van der Waals surface area (Å²) in [5.41, 5.74) is 0.461. The second kappa shape index (κ2) is 6.27. The third-order valence-electron chi connectivity index (χ3n) is 2.11. The van der Waals surface area contributed by atoms with Crippen LogP contribution in [0.3, 0.4) is 0 Å². The zero-order valence-electron chi connectivity index (χ0n) is 9.52. The molecule has 1 aliphatic heterocycles. The van der Waals surface area contributed by atoms with Gasteiger partial charge in [-0.15, -0.1) is 0 Å². The van der Waals surface area contributed by atoms with E-state index in [1.807, 2.05) is 0 Å². The van der Waals surface area contributed by atoms with Gasteiger partial charge in [0.05, 0.1) is 25.4 Å². The normalized spacial score (nSPS) is 19.9. The number of esters is 2. The van der Waals surface area contributed by atoms with E-state index in [9.17, 15) is 9.59 Å². The predicted octanol–water partition coefficient (Wildman–Crippen LogP) is 0.828. The Morgan fingerprint density at radius 1 is 1.38 bits per heavy atom. The fraction of sp³-hybridized carbons (Fsp3) is 0.636. The lowest BCUT2D eigenvalue weighted by atomic mass is 10.1. The molecule has 0 saturated heterocycles. The number of hydrogen-bond acceptors (Lipinski definition) is 5. The van der Waals surface area contributed by atoms with Gasteiger partial charge in [-0.1, -0.05) is 6.08 Å². The maximum absolute atomic E-state index is 11.3. The summed E-state index contributed by atoms with van der Waals surface area (Å²) in [6.07, 6.45) is 1.42. The Hall–Kier alpha value is -1.36. The van der Waals surface area contributed by atoms with Crippen molar-refractivity contribution in [2.75, 3.05) is 19.8 Å². The van der Waals surface area contributed by atoms with Crippen molar-refractivity contribution in [3.63, 3.8) is 0 Å². The summed E-state index contributed by atoms with van der Waals surface area (Å²) in [6, 6.07) is 0. The van der Waals surface area contributed by atoms with Crippen molar-refractivity contribution >= 4 is 11.9 Å². The van der Waals surface area contributed by atoms with Gasteiger partial charge < -0.3 is 14.2 Å². The highest BCUT2D eigenvalue weighted by atomic mass is 16.6. The van der Waals surface area contributed by atoms with Crippen molar-refractivity contribution in [2.45, 2.75) is 26.4 Å². The lowest BCUT2D eigenvalue weighted by molar-refractivity contribution is -0.157. The fourth-order valence-corrected chi connectivity index (χ4v) is 1.33. The van der Waals surface area contributed by atoms with Crippen LogP contribution in [-0.2, 0) is 23.8 Å². The zero-order chi connectivity index (χ0) is 12.0. The molecule has 1 atom stereocenters. The molecule has 0 aromatic rings. The van der Waals surface area contributed by atoms with Gasteiger partial charge in [-0.2, -0.15) is 0 Å². The average Bonchev–Trinajstić information content (AvgIpc) is 2.30. The molecule has 0 bridgehead atoms.